The molecule has 0 nitrogen and oxygen atoms in total. The van der Waals surface area contributed by atoms with Crippen LogP contribution in [0.15, 0.2) is 0 Å². The van der Waals surface area contributed by atoms with Crippen molar-refractivity contribution in [2.45, 2.75) is 110 Å². The fourth-order valence-electron chi connectivity index (χ4n) is 8.43. The molecule has 6 unspecified atom stereocenters. The molecule has 0 heterocycles. The van der Waals surface area contributed by atoms with Crippen LogP contribution in [-0.4, -0.2) is 8.07 Å². The van der Waals surface area contributed by atoms with E-state index in [1.165, 1.54) is 25.7 Å². The minimum atomic E-state index is -1.09. The second-order valence-electron chi connectivity index (χ2n) is 12.3. The minimum absolute atomic E-state index is 0. The molecule has 0 saturated heterocycles. The third-order valence-corrected chi connectivity index (χ3v) is 12.5. The SMILES string of the molecule is CC(C)(C1CC2CCCCC2C1)C1CC2CCCCC2C1[Si](C)(C)C.[CH3-].[CH3-].[Cl][Zr+2][Cl]. The molecule has 0 aromatic rings. The first-order valence-electron chi connectivity index (χ1n) is 12.2. The van der Waals surface area contributed by atoms with E-state index in [2.05, 4.69) is 33.5 Å². The van der Waals surface area contributed by atoms with Crippen LogP contribution in [0.5, 0.6) is 0 Å². The maximum absolute atomic E-state index is 4.93. The van der Waals surface area contributed by atoms with Crippen molar-refractivity contribution in [2.75, 3.05) is 0 Å². The molecule has 4 saturated carbocycles. The molecule has 30 heavy (non-hydrogen) atoms. The van der Waals surface area contributed by atoms with Gasteiger partial charge in [-0.05, 0) is 65.7 Å². The number of hydrogen-bond acceptors (Lipinski definition) is 0. The first kappa shape index (κ1) is 29.7. The van der Waals surface area contributed by atoms with Gasteiger partial charge in [-0.2, -0.15) is 0 Å². The standard InChI is InChI=1S/C24H44Si.2CH3.2ClH.Zr/c1-24(2,20-14-17-10-6-7-11-18(17)15-20)22-16-19-12-8-9-13-21(19)23(22)25(3,4)5;;;;;/h17-23H,6-16H2,1-5H3;2*1H3;2*1H;/q;2*-1;;;+4/p-2. The Bertz CT molecular complexity index is 490. The summed E-state index contributed by atoms with van der Waals surface area (Å²) >= 11 is -0.826. The van der Waals surface area contributed by atoms with E-state index in [1.54, 1.807) is 44.9 Å². The van der Waals surface area contributed by atoms with Crippen molar-refractivity contribution in [2.24, 2.45) is 40.9 Å². The molecule has 0 bridgehead atoms. The summed E-state index contributed by atoms with van der Waals surface area (Å²) in [5, 5.41) is 0. The molecule has 0 spiro atoms. The summed E-state index contributed by atoms with van der Waals surface area (Å²) in [5.41, 5.74) is 1.70. The average Bonchev–Trinajstić information content (AvgIpc) is 3.24. The molecule has 4 aliphatic rings. The molecule has 0 radical (unpaired) electrons. The van der Waals surface area contributed by atoms with Gasteiger partial charge in [0.2, 0.25) is 0 Å². The Labute approximate surface area is 210 Å². The summed E-state index contributed by atoms with van der Waals surface area (Å²) in [5.74, 6) is 6.48. The molecular formula is C26H50Cl2SiZr. The van der Waals surface area contributed by atoms with Gasteiger partial charge in [-0.15, -0.1) is 0 Å². The van der Waals surface area contributed by atoms with Gasteiger partial charge in [-0.1, -0.05) is 84.9 Å². The predicted molar refractivity (Wildman–Crippen MR) is 137 cm³/mol. The van der Waals surface area contributed by atoms with Crippen LogP contribution < -0.4 is 0 Å². The summed E-state index contributed by atoms with van der Waals surface area (Å²) in [6, 6.07) is 0. The zero-order valence-electron chi connectivity index (χ0n) is 21.1. The number of hydrogen-bond donors (Lipinski definition) is 0. The van der Waals surface area contributed by atoms with Gasteiger partial charge in [-0.3, -0.25) is 0 Å². The van der Waals surface area contributed by atoms with Crippen molar-refractivity contribution in [1.82, 2.24) is 0 Å². The number of halogens is 2. The summed E-state index contributed by atoms with van der Waals surface area (Å²) in [4.78, 5) is 0. The maximum atomic E-state index is 4.93. The van der Waals surface area contributed by atoms with Crippen molar-refractivity contribution in [3.63, 3.8) is 0 Å². The molecule has 0 amide bonds. The first-order chi connectivity index (χ1) is 13.2. The first-order valence-corrected chi connectivity index (χ1v) is 22.1. The summed E-state index contributed by atoms with van der Waals surface area (Å²) < 4.78 is 0. The van der Waals surface area contributed by atoms with Crippen LogP contribution in [0, 0.1) is 55.8 Å². The van der Waals surface area contributed by atoms with Gasteiger partial charge in [0.15, 0.2) is 0 Å². The van der Waals surface area contributed by atoms with Crippen LogP contribution in [0.4, 0.5) is 0 Å². The van der Waals surface area contributed by atoms with Gasteiger partial charge in [-0.25, -0.2) is 0 Å². The van der Waals surface area contributed by atoms with Crippen LogP contribution in [0.3, 0.4) is 0 Å². The second kappa shape index (κ2) is 12.4. The van der Waals surface area contributed by atoms with Gasteiger partial charge in [0.05, 0.1) is 0 Å². The normalized spacial score (nSPS) is 38.0. The third kappa shape index (κ3) is 6.42. The van der Waals surface area contributed by atoms with Crippen molar-refractivity contribution in [1.29, 1.82) is 0 Å². The molecule has 6 atom stereocenters. The number of rotatable bonds is 3. The van der Waals surface area contributed by atoms with Gasteiger partial charge >= 0.3 is 37.9 Å². The van der Waals surface area contributed by atoms with Crippen molar-refractivity contribution < 1.29 is 20.8 Å². The van der Waals surface area contributed by atoms with Gasteiger partial charge < -0.3 is 14.9 Å². The Morgan fingerprint density at radius 1 is 0.733 bits per heavy atom. The van der Waals surface area contributed by atoms with Crippen LogP contribution >= 0.6 is 17.0 Å². The van der Waals surface area contributed by atoms with E-state index in [0.29, 0.717) is 5.41 Å². The molecular weight excluding hydrogens is 503 g/mol. The second-order valence-corrected chi connectivity index (χ2v) is 21.4. The predicted octanol–water partition coefficient (Wildman–Crippen LogP) is 10.0. The van der Waals surface area contributed by atoms with E-state index in [1.807, 2.05) is 0 Å². The fraction of sp³-hybridized carbons (Fsp3) is 0.923. The third-order valence-electron chi connectivity index (χ3n) is 9.67. The molecule has 0 aliphatic heterocycles. The van der Waals surface area contributed by atoms with E-state index < -0.39 is 28.9 Å². The molecule has 176 valence electrons. The van der Waals surface area contributed by atoms with E-state index in [9.17, 15) is 0 Å². The fourth-order valence-corrected chi connectivity index (χ4v) is 11.9. The van der Waals surface area contributed by atoms with E-state index in [0.717, 1.165) is 41.0 Å². The molecule has 0 N–H and O–H groups in total. The summed E-state index contributed by atoms with van der Waals surface area (Å²) in [6.07, 6.45) is 17.1. The van der Waals surface area contributed by atoms with E-state index >= 15 is 0 Å². The zero-order chi connectivity index (χ0) is 20.5. The number of fused-ring (bicyclic) bond motifs is 2. The molecule has 4 aliphatic carbocycles. The van der Waals surface area contributed by atoms with Gasteiger partial charge in [0.25, 0.3) is 0 Å². The summed E-state index contributed by atoms with van der Waals surface area (Å²) in [7, 11) is 8.77. The Morgan fingerprint density at radius 3 is 1.63 bits per heavy atom. The molecule has 0 aromatic carbocycles. The molecule has 4 fully saturated rings. The Morgan fingerprint density at radius 2 is 1.17 bits per heavy atom. The molecule has 4 rings (SSSR count). The van der Waals surface area contributed by atoms with Crippen LogP contribution in [0.1, 0.15) is 84.5 Å². The van der Waals surface area contributed by atoms with Crippen molar-refractivity contribution in [3.05, 3.63) is 14.9 Å². The summed E-state index contributed by atoms with van der Waals surface area (Å²) in [6.45, 7) is 13.6. The van der Waals surface area contributed by atoms with E-state index in [-0.39, 0.29) is 14.9 Å². The quantitative estimate of drug-likeness (QED) is 0.241. The van der Waals surface area contributed by atoms with Gasteiger partial charge in [0.1, 0.15) is 0 Å². The Hall–Kier alpha value is 1.68. The Balaban J connectivity index is 0.000000851. The van der Waals surface area contributed by atoms with Crippen molar-refractivity contribution in [3.8, 4) is 0 Å². The molecule has 0 aromatic heterocycles. The Kier molecular flexibility index (Phi) is 12.3. The van der Waals surface area contributed by atoms with Crippen LogP contribution in [0.2, 0.25) is 25.2 Å². The van der Waals surface area contributed by atoms with Crippen LogP contribution in [0.25, 0.3) is 0 Å². The van der Waals surface area contributed by atoms with Crippen molar-refractivity contribution >= 4 is 25.1 Å². The monoisotopic (exact) mass is 550 g/mol. The van der Waals surface area contributed by atoms with E-state index in [4.69, 9.17) is 17.0 Å². The molecule has 4 heteroatoms. The zero-order valence-corrected chi connectivity index (χ0v) is 26.0. The van der Waals surface area contributed by atoms with Gasteiger partial charge in [0, 0.05) is 8.07 Å². The van der Waals surface area contributed by atoms with Crippen LogP contribution in [-0.2, 0) is 20.8 Å². The average molecular weight is 553 g/mol. The topological polar surface area (TPSA) is 0 Å².